The van der Waals surface area contributed by atoms with E-state index >= 15 is 0 Å². The fourth-order valence-electron chi connectivity index (χ4n) is 3.51. The molecule has 2 aromatic carbocycles. The lowest BCUT2D eigenvalue weighted by atomic mass is 9.96. The van der Waals surface area contributed by atoms with Gasteiger partial charge in [0.15, 0.2) is 0 Å². The number of Topliss-reactive ketones (excluding diaryl/α,β-unsaturated/α-hetero) is 1. The number of hydrogen-bond donors (Lipinski definition) is 0. The lowest BCUT2D eigenvalue weighted by Crippen LogP contribution is -2.40. The summed E-state index contributed by atoms with van der Waals surface area (Å²) in [5, 5.41) is 0. The number of benzene rings is 2. The molecule has 1 saturated heterocycles. The maximum atomic E-state index is 12.6. The maximum Gasteiger partial charge on any atom is 0.254 e. The average Bonchev–Trinajstić information content (AvgIpc) is 2.73. The summed E-state index contributed by atoms with van der Waals surface area (Å²) in [6, 6.07) is 15.6. The van der Waals surface area contributed by atoms with Crippen molar-refractivity contribution in [3.63, 3.8) is 0 Å². The fourth-order valence-corrected chi connectivity index (χ4v) is 3.51. The Morgan fingerprint density at radius 3 is 2.41 bits per heavy atom. The fraction of sp³-hybridized carbons (Fsp3) is 0.360. The van der Waals surface area contributed by atoms with Crippen molar-refractivity contribution in [2.45, 2.75) is 26.7 Å². The monoisotopic (exact) mass is 389 g/mol. The Morgan fingerprint density at radius 2 is 1.72 bits per heavy atom. The largest absolute Gasteiger partial charge is 0.378 e. The lowest BCUT2D eigenvalue weighted by molar-refractivity contribution is -0.117. The van der Waals surface area contributed by atoms with Gasteiger partial charge in [0.25, 0.3) is 5.91 Å². The number of ether oxygens (including phenoxy) is 1. The van der Waals surface area contributed by atoms with Crippen LogP contribution in [-0.2, 0) is 16.0 Å². The zero-order valence-corrected chi connectivity index (χ0v) is 17.1. The minimum Gasteiger partial charge on any atom is -0.378 e. The van der Waals surface area contributed by atoms with Crippen LogP contribution in [0.4, 0.5) is 0 Å². The van der Waals surface area contributed by atoms with Crippen LogP contribution in [0.1, 0.15) is 47.3 Å². The number of amides is 1. The van der Waals surface area contributed by atoms with Crippen LogP contribution in [0, 0.1) is 17.8 Å². The highest BCUT2D eigenvalue weighted by molar-refractivity contribution is 5.94. The van der Waals surface area contributed by atoms with Crippen LogP contribution in [0.15, 0.2) is 48.5 Å². The molecule has 0 saturated carbocycles. The molecule has 4 heteroatoms. The molecule has 1 aliphatic rings. The van der Waals surface area contributed by atoms with Gasteiger partial charge in [-0.2, -0.15) is 0 Å². The third kappa shape index (κ3) is 6.30. The van der Waals surface area contributed by atoms with Crippen molar-refractivity contribution in [1.82, 2.24) is 4.90 Å². The van der Waals surface area contributed by atoms with Gasteiger partial charge in [-0.15, -0.1) is 0 Å². The molecule has 29 heavy (non-hydrogen) atoms. The predicted molar refractivity (Wildman–Crippen MR) is 114 cm³/mol. The van der Waals surface area contributed by atoms with E-state index in [0.717, 1.165) is 17.5 Å². The molecule has 0 spiro atoms. The molecule has 0 N–H and O–H groups in total. The molecular weight excluding hydrogens is 362 g/mol. The van der Waals surface area contributed by atoms with E-state index in [-0.39, 0.29) is 11.7 Å². The maximum absolute atomic E-state index is 12.6. The third-order valence-electron chi connectivity index (χ3n) is 4.93. The highest BCUT2D eigenvalue weighted by Gasteiger charge is 2.18. The Morgan fingerprint density at radius 1 is 1.03 bits per heavy atom. The summed E-state index contributed by atoms with van der Waals surface area (Å²) in [5.41, 5.74) is 3.62. The van der Waals surface area contributed by atoms with E-state index in [9.17, 15) is 9.59 Å². The zero-order chi connectivity index (χ0) is 20.6. The minimum absolute atomic E-state index is 0.0287. The van der Waals surface area contributed by atoms with Crippen molar-refractivity contribution in [2.75, 3.05) is 26.3 Å². The van der Waals surface area contributed by atoms with Gasteiger partial charge in [0.05, 0.1) is 13.2 Å². The van der Waals surface area contributed by atoms with Crippen molar-refractivity contribution in [3.8, 4) is 11.8 Å². The van der Waals surface area contributed by atoms with Crippen LogP contribution < -0.4 is 0 Å². The normalized spacial score (nSPS) is 14.6. The van der Waals surface area contributed by atoms with Crippen molar-refractivity contribution in [3.05, 3.63) is 70.8 Å². The molecule has 150 valence electrons. The van der Waals surface area contributed by atoms with Crippen molar-refractivity contribution in [2.24, 2.45) is 5.92 Å². The first kappa shape index (κ1) is 20.8. The van der Waals surface area contributed by atoms with Crippen molar-refractivity contribution in [1.29, 1.82) is 0 Å². The number of morpholine rings is 1. The molecule has 1 amide bonds. The van der Waals surface area contributed by atoms with Gasteiger partial charge < -0.3 is 14.4 Å². The van der Waals surface area contributed by atoms with Crippen LogP contribution in [0.25, 0.3) is 0 Å². The molecule has 1 unspecified atom stereocenters. The first-order valence-corrected chi connectivity index (χ1v) is 10.1. The number of ketones is 1. The number of nitrogens with zero attached hydrogens (tertiary/aromatic N) is 1. The summed E-state index contributed by atoms with van der Waals surface area (Å²) in [6.45, 7) is 6.18. The molecule has 1 aliphatic heterocycles. The third-order valence-corrected chi connectivity index (χ3v) is 4.93. The Hall–Kier alpha value is -2.90. The molecule has 4 nitrogen and oxygen atoms in total. The smallest absolute Gasteiger partial charge is 0.254 e. The number of carbonyl (C=O) groups excluding carboxylic acids is 2. The molecule has 0 aliphatic carbocycles. The van der Waals surface area contributed by atoms with Gasteiger partial charge in [0.1, 0.15) is 5.78 Å². The molecule has 1 heterocycles. The van der Waals surface area contributed by atoms with E-state index in [2.05, 4.69) is 30.9 Å². The van der Waals surface area contributed by atoms with Gasteiger partial charge in [0, 0.05) is 36.2 Å². The minimum atomic E-state index is 0.0287. The Labute approximate surface area is 172 Å². The molecular formula is C25H27NO3. The second kappa shape index (κ2) is 10.0. The van der Waals surface area contributed by atoms with Gasteiger partial charge in [-0.25, -0.2) is 0 Å². The molecule has 0 radical (unpaired) electrons. The molecule has 1 fully saturated rings. The molecule has 1 atom stereocenters. The quantitative estimate of drug-likeness (QED) is 0.733. The summed E-state index contributed by atoms with van der Waals surface area (Å²) >= 11 is 0. The summed E-state index contributed by atoms with van der Waals surface area (Å²) < 4.78 is 5.31. The van der Waals surface area contributed by atoms with E-state index in [1.807, 2.05) is 41.3 Å². The van der Waals surface area contributed by atoms with Crippen LogP contribution in [0.5, 0.6) is 0 Å². The summed E-state index contributed by atoms with van der Waals surface area (Å²) in [7, 11) is 0. The van der Waals surface area contributed by atoms with Crippen LogP contribution in [0.3, 0.4) is 0 Å². The van der Waals surface area contributed by atoms with Gasteiger partial charge in [0.2, 0.25) is 0 Å². The van der Waals surface area contributed by atoms with E-state index in [4.69, 9.17) is 4.74 Å². The molecule has 2 aromatic rings. The van der Waals surface area contributed by atoms with Gasteiger partial charge >= 0.3 is 0 Å². The second-order valence-corrected chi connectivity index (χ2v) is 7.65. The van der Waals surface area contributed by atoms with Crippen LogP contribution in [0.2, 0.25) is 0 Å². The van der Waals surface area contributed by atoms with E-state index < -0.39 is 0 Å². The Bertz CT molecular complexity index is 915. The first-order chi connectivity index (χ1) is 14.0. The number of hydrogen-bond acceptors (Lipinski definition) is 3. The standard InChI is InChI=1S/C25H27NO3/c1-19(16-20(2)27)17-23-10-7-21(8-11-23)6-9-22-4-3-5-24(18-22)25(28)26-12-14-29-15-13-26/h3-5,7-8,10-11,18-19H,12-17H2,1-2H3. The van der Waals surface area contributed by atoms with Gasteiger partial charge in [-0.1, -0.05) is 37.0 Å². The van der Waals surface area contributed by atoms with Gasteiger partial charge in [-0.3, -0.25) is 4.79 Å². The van der Waals surface area contributed by atoms with E-state index in [1.54, 1.807) is 6.92 Å². The van der Waals surface area contributed by atoms with Crippen molar-refractivity contribution >= 4 is 11.7 Å². The second-order valence-electron chi connectivity index (χ2n) is 7.65. The number of rotatable bonds is 5. The Kier molecular flexibility index (Phi) is 7.21. The van der Waals surface area contributed by atoms with Crippen LogP contribution in [-0.4, -0.2) is 42.9 Å². The molecule has 0 bridgehead atoms. The number of carbonyl (C=O) groups is 2. The van der Waals surface area contributed by atoms with Gasteiger partial charge in [-0.05, 0) is 55.2 Å². The highest BCUT2D eigenvalue weighted by Crippen LogP contribution is 2.14. The SMILES string of the molecule is CC(=O)CC(C)Cc1ccc(C#Cc2cccc(C(=O)N3CCOCC3)c2)cc1. The Balaban J connectivity index is 1.65. The highest BCUT2D eigenvalue weighted by atomic mass is 16.5. The topological polar surface area (TPSA) is 46.6 Å². The summed E-state index contributed by atoms with van der Waals surface area (Å²) in [5.74, 6) is 6.93. The summed E-state index contributed by atoms with van der Waals surface area (Å²) in [4.78, 5) is 25.7. The van der Waals surface area contributed by atoms with E-state index in [0.29, 0.717) is 44.2 Å². The zero-order valence-electron chi connectivity index (χ0n) is 17.1. The van der Waals surface area contributed by atoms with Crippen molar-refractivity contribution < 1.29 is 14.3 Å². The first-order valence-electron chi connectivity index (χ1n) is 10.1. The van der Waals surface area contributed by atoms with E-state index in [1.165, 1.54) is 5.56 Å². The lowest BCUT2D eigenvalue weighted by Gasteiger charge is -2.26. The molecule has 3 rings (SSSR count). The van der Waals surface area contributed by atoms with Crippen LogP contribution >= 0.6 is 0 Å². The summed E-state index contributed by atoms with van der Waals surface area (Å²) in [6.07, 6.45) is 1.50. The molecule has 0 aromatic heterocycles. The average molecular weight is 389 g/mol. The predicted octanol–water partition coefficient (Wildman–Crippen LogP) is 3.72.